The summed E-state index contributed by atoms with van der Waals surface area (Å²) in [6, 6.07) is 9.24. The van der Waals surface area contributed by atoms with Gasteiger partial charge in [0.15, 0.2) is 0 Å². The first-order valence-corrected chi connectivity index (χ1v) is 10.7. The Bertz CT molecular complexity index is 741. The lowest BCUT2D eigenvalue weighted by Gasteiger charge is -2.26. The number of methoxy groups -OCH3 is 1. The van der Waals surface area contributed by atoms with E-state index in [1.807, 2.05) is 51.1 Å². The van der Waals surface area contributed by atoms with Gasteiger partial charge in [0.05, 0.1) is 25.1 Å². The smallest absolute Gasteiger partial charge is 0.407 e. The molecule has 1 amide bonds. The lowest BCUT2D eigenvalue weighted by Crippen LogP contribution is -2.43. The van der Waals surface area contributed by atoms with Crippen molar-refractivity contribution < 1.29 is 33.3 Å². The molecule has 8 nitrogen and oxygen atoms in total. The maximum Gasteiger partial charge on any atom is 0.407 e. The highest BCUT2D eigenvalue weighted by molar-refractivity contribution is 6.91. The van der Waals surface area contributed by atoms with E-state index in [-0.39, 0.29) is 26.1 Å². The molecule has 0 heterocycles. The quantitative estimate of drug-likeness (QED) is 0.323. The Morgan fingerprint density at radius 3 is 2.16 bits per heavy atom. The fraction of sp³-hybridized carbons (Fsp3) is 0.609. The Morgan fingerprint density at radius 2 is 1.62 bits per heavy atom. The molecular weight excluding hydrogens is 413 g/mol. The van der Waals surface area contributed by atoms with Gasteiger partial charge in [-0.25, -0.2) is 4.79 Å². The Labute approximate surface area is 191 Å². The van der Waals surface area contributed by atoms with Crippen LogP contribution in [-0.4, -0.2) is 56.1 Å². The molecule has 1 N–H and O–H groups in total. The summed E-state index contributed by atoms with van der Waals surface area (Å²) in [5, 5.41) is 2.62. The first-order valence-electron chi connectivity index (χ1n) is 10.7. The number of rotatable bonds is 10. The highest BCUT2D eigenvalue weighted by Gasteiger charge is 2.41. The molecule has 1 atom stereocenters. The largest absolute Gasteiger partial charge is 0.469 e. The van der Waals surface area contributed by atoms with Crippen LogP contribution < -0.4 is 5.32 Å². The molecule has 0 fully saturated rings. The fourth-order valence-corrected chi connectivity index (χ4v) is 2.80. The summed E-state index contributed by atoms with van der Waals surface area (Å²) in [5.74, 6) is -2.02. The second-order valence-corrected chi connectivity index (χ2v) is 9.47. The number of benzene rings is 1. The van der Waals surface area contributed by atoms with Gasteiger partial charge in [-0.3, -0.25) is 9.59 Å². The van der Waals surface area contributed by atoms with Crippen LogP contribution in [0, 0.1) is 0 Å². The summed E-state index contributed by atoms with van der Waals surface area (Å²) >= 11 is 0. The minimum atomic E-state index is -0.886. The molecule has 0 aliphatic carbocycles. The Hall–Kier alpha value is -2.55. The van der Waals surface area contributed by atoms with Crippen LogP contribution in [-0.2, 0) is 30.3 Å². The molecular formula is C23H36BNO7. The van der Waals surface area contributed by atoms with E-state index in [1.54, 1.807) is 20.8 Å². The lowest BCUT2D eigenvalue weighted by atomic mass is 9.39. The molecule has 0 saturated carbocycles. The second-order valence-electron chi connectivity index (χ2n) is 9.47. The van der Waals surface area contributed by atoms with E-state index in [9.17, 15) is 14.4 Å². The fourth-order valence-electron chi connectivity index (χ4n) is 2.80. The van der Waals surface area contributed by atoms with Crippen LogP contribution in [0.5, 0.6) is 0 Å². The van der Waals surface area contributed by atoms with Gasteiger partial charge in [-0.1, -0.05) is 30.3 Å². The number of esters is 1. The Kier molecular flexibility index (Phi) is 10.7. The molecule has 0 aromatic heterocycles. The van der Waals surface area contributed by atoms with Crippen LogP contribution in [0.3, 0.4) is 0 Å². The van der Waals surface area contributed by atoms with Gasteiger partial charge in [0, 0.05) is 6.54 Å². The molecule has 1 rings (SSSR count). The van der Waals surface area contributed by atoms with Crippen molar-refractivity contribution in [1.82, 2.24) is 5.32 Å². The normalized spacial score (nSPS) is 12.5. The third-order valence-electron chi connectivity index (χ3n) is 4.34. The molecule has 32 heavy (non-hydrogen) atoms. The summed E-state index contributed by atoms with van der Waals surface area (Å²) in [4.78, 5) is 37.5. The van der Waals surface area contributed by atoms with Crippen LogP contribution >= 0.6 is 0 Å². The molecule has 0 spiro atoms. The lowest BCUT2D eigenvalue weighted by molar-refractivity contribution is -0.143. The van der Waals surface area contributed by atoms with Gasteiger partial charge in [0.2, 0.25) is 0 Å². The molecule has 0 aliphatic rings. The Morgan fingerprint density at radius 1 is 1.00 bits per heavy atom. The van der Waals surface area contributed by atoms with E-state index in [1.165, 1.54) is 7.11 Å². The monoisotopic (exact) mass is 449 g/mol. The van der Waals surface area contributed by atoms with Crippen molar-refractivity contribution in [2.75, 3.05) is 20.3 Å². The van der Waals surface area contributed by atoms with Crippen molar-refractivity contribution in [3.63, 3.8) is 0 Å². The molecule has 0 bridgehead atoms. The number of carbonyl (C=O) groups excluding carboxylic acids is 3. The third kappa shape index (κ3) is 11.2. The predicted molar refractivity (Wildman–Crippen MR) is 123 cm³/mol. The van der Waals surface area contributed by atoms with E-state index in [4.69, 9.17) is 18.9 Å². The highest BCUT2D eigenvalue weighted by atomic mass is 16.6. The molecule has 0 radical (unpaired) electrons. The summed E-state index contributed by atoms with van der Waals surface area (Å²) in [6.07, 6.45) is -0.449. The first kappa shape index (κ1) is 27.5. The number of hydrogen-bond donors (Lipinski definition) is 1. The van der Waals surface area contributed by atoms with Gasteiger partial charge in [0.1, 0.15) is 12.2 Å². The first-order chi connectivity index (χ1) is 14.8. The van der Waals surface area contributed by atoms with Crippen molar-refractivity contribution in [2.24, 2.45) is 0 Å². The zero-order valence-electron chi connectivity index (χ0n) is 20.2. The predicted octanol–water partition coefficient (Wildman–Crippen LogP) is 4.28. The molecule has 0 unspecified atom stereocenters. The number of hydrogen-bond acceptors (Lipinski definition) is 7. The van der Waals surface area contributed by atoms with Crippen LogP contribution in [0.15, 0.2) is 30.3 Å². The number of nitrogens with one attached hydrogen (secondary N) is 1. The summed E-state index contributed by atoms with van der Waals surface area (Å²) in [6.45, 7) is 10.1. The molecule has 178 valence electrons. The average Bonchev–Trinajstić information content (AvgIpc) is 2.69. The van der Waals surface area contributed by atoms with Crippen molar-refractivity contribution in [2.45, 2.75) is 71.5 Å². The van der Waals surface area contributed by atoms with E-state index >= 15 is 0 Å². The summed E-state index contributed by atoms with van der Waals surface area (Å²) < 4.78 is 21.4. The Balaban J connectivity index is 2.93. The van der Waals surface area contributed by atoms with Crippen molar-refractivity contribution in [3.8, 4) is 0 Å². The standard InChI is InChI=1S/C23H36BNO7/c1-22(2,3)31-16-18(19(26)29-7)24(13-14-25-21(28)32-23(4,5)6)20(27)30-15-17-11-9-8-10-12-17/h8-12,18H,13-16H2,1-7H3,(H,25,28)/t18-/m1/s1. The zero-order chi connectivity index (χ0) is 24.4. The third-order valence-corrected chi connectivity index (χ3v) is 4.34. The SMILES string of the molecule is COC(=O)[C@@H](COC(C)(C)C)B(CCNC(=O)OC(C)(C)C)C(=O)OCc1ccccc1. The molecule has 0 aliphatic heterocycles. The maximum atomic E-state index is 13.0. The van der Waals surface area contributed by atoms with Crippen molar-refractivity contribution in [3.05, 3.63) is 35.9 Å². The van der Waals surface area contributed by atoms with Crippen LogP contribution in [0.25, 0.3) is 0 Å². The van der Waals surface area contributed by atoms with Crippen LogP contribution in [0.1, 0.15) is 47.1 Å². The molecule has 1 aromatic carbocycles. The number of ether oxygens (including phenoxy) is 4. The van der Waals surface area contributed by atoms with E-state index in [2.05, 4.69) is 5.32 Å². The molecule has 1 aromatic rings. The second kappa shape index (κ2) is 12.5. The number of alkyl carbamates (subject to hydrolysis) is 1. The van der Waals surface area contributed by atoms with Crippen LogP contribution in [0.4, 0.5) is 9.59 Å². The van der Waals surface area contributed by atoms with Gasteiger partial charge < -0.3 is 24.3 Å². The minimum absolute atomic E-state index is 0.0201. The van der Waals surface area contributed by atoms with Gasteiger partial charge in [-0.15, -0.1) is 0 Å². The molecule has 0 saturated heterocycles. The number of carbonyl (C=O) groups is 3. The minimum Gasteiger partial charge on any atom is -0.469 e. The zero-order valence-corrected chi connectivity index (χ0v) is 20.2. The topological polar surface area (TPSA) is 100 Å². The van der Waals surface area contributed by atoms with E-state index in [0.717, 1.165) is 5.56 Å². The van der Waals surface area contributed by atoms with Gasteiger partial charge in [-0.05, 0) is 53.4 Å². The van der Waals surface area contributed by atoms with Crippen molar-refractivity contribution >= 4 is 24.6 Å². The van der Waals surface area contributed by atoms with Crippen LogP contribution in [0.2, 0.25) is 12.1 Å². The maximum absolute atomic E-state index is 13.0. The summed E-state index contributed by atoms with van der Waals surface area (Å²) in [5.41, 5.74) is -0.334. The molecule has 9 heteroatoms. The van der Waals surface area contributed by atoms with Gasteiger partial charge >= 0.3 is 12.1 Å². The van der Waals surface area contributed by atoms with E-state index < -0.39 is 41.7 Å². The average molecular weight is 449 g/mol. The highest BCUT2D eigenvalue weighted by Crippen LogP contribution is 2.22. The van der Waals surface area contributed by atoms with Crippen molar-refractivity contribution in [1.29, 1.82) is 0 Å². The van der Waals surface area contributed by atoms with Gasteiger partial charge in [0.25, 0.3) is 12.6 Å². The van der Waals surface area contributed by atoms with E-state index in [0.29, 0.717) is 0 Å². The number of amides is 1. The summed E-state index contributed by atoms with van der Waals surface area (Å²) in [7, 11) is 1.26. The van der Waals surface area contributed by atoms with Gasteiger partial charge in [-0.2, -0.15) is 0 Å².